The second-order valence-corrected chi connectivity index (χ2v) is 4.70. The van der Waals surface area contributed by atoms with Crippen LogP contribution >= 0.6 is 11.6 Å². The van der Waals surface area contributed by atoms with Crippen LogP contribution in [-0.2, 0) is 0 Å². The second-order valence-electron chi connectivity index (χ2n) is 4.29. The first kappa shape index (κ1) is 13.2. The van der Waals surface area contributed by atoms with E-state index in [1.165, 1.54) is 4.90 Å². The number of hydrogen-bond donors (Lipinski definition) is 1. The summed E-state index contributed by atoms with van der Waals surface area (Å²) in [6.45, 7) is 0.666. The Labute approximate surface area is 108 Å². The maximum atomic E-state index is 13.1. The molecule has 1 atom stereocenters. The van der Waals surface area contributed by atoms with Gasteiger partial charge in [-0.3, -0.25) is 4.79 Å². The number of aliphatic hydroxyl groups excluding tert-OH is 1. The first-order valence-corrected chi connectivity index (χ1v) is 5.98. The van der Waals surface area contributed by atoms with Crippen molar-refractivity contribution in [3.63, 3.8) is 0 Å². The van der Waals surface area contributed by atoms with E-state index in [4.69, 9.17) is 11.6 Å². The molecule has 1 aliphatic rings. The van der Waals surface area contributed by atoms with Gasteiger partial charge in [0.1, 0.15) is 0 Å². The first-order chi connectivity index (χ1) is 8.49. The zero-order valence-electron chi connectivity index (χ0n) is 9.50. The molecule has 3 nitrogen and oxygen atoms in total. The molecule has 1 fully saturated rings. The molecule has 0 saturated carbocycles. The lowest BCUT2D eigenvalue weighted by atomic mass is 10.1. The number of benzene rings is 1. The van der Waals surface area contributed by atoms with Gasteiger partial charge < -0.3 is 10.0 Å². The van der Waals surface area contributed by atoms with E-state index in [1.54, 1.807) is 0 Å². The van der Waals surface area contributed by atoms with Gasteiger partial charge in [0.05, 0.1) is 16.7 Å². The zero-order chi connectivity index (χ0) is 13.3. The number of piperidine rings is 1. The average molecular weight is 276 g/mol. The van der Waals surface area contributed by atoms with Gasteiger partial charge in [-0.25, -0.2) is 8.78 Å². The van der Waals surface area contributed by atoms with E-state index < -0.39 is 23.6 Å². The Balaban J connectivity index is 2.25. The number of nitrogens with zero attached hydrogens (tertiary/aromatic N) is 1. The van der Waals surface area contributed by atoms with Crippen LogP contribution in [-0.4, -0.2) is 35.1 Å². The molecule has 0 radical (unpaired) electrons. The van der Waals surface area contributed by atoms with Crippen LogP contribution in [0.15, 0.2) is 12.1 Å². The summed E-state index contributed by atoms with van der Waals surface area (Å²) in [5.74, 6) is -2.69. The quantitative estimate of drug-likeness (QED) is 0.799. The summed E-state index contributed by atoms with van der Waals surface area (Å²) in [5.41, 5.74) is -0.0790. The number of rotatable bonds is 1. The minimum atomic E-state index is -1.11. The minimum absolute atomic E-state index is 0.0790. The first-order valence-electron chi connectivity index (χ1n) is 5.61. The largest absolute Gasteiger partial charge is 0.391 e. The van der Waals surface area contributed by atoms with Crippen molar-refractivity contribution in [3.8, 4) is 0 Å². The number of halogens is 3. The van der Waals surface area contributed by atoms with Crippen LogP contribution in [0.2, 0.25) is 5.02 Å². The average Bonchev–Trinajstić information content (AvgIpc) is 2.33. The fourth-order valence-electron chi connectivity index (χ4n) is 2.00. The molecule has 18 heavy (non-hydrogen) atoms. The van der Waals surface area contributed by atoms with E-state index in [0.717, 1.165) is 12.1 Å². The molecule has 2 rings (SSSR count). The monoisotopic (exact) mass is 275 g/mol. The van der Waals surface area contributed by atoms with Crippen molar-refractivity contribution in [3.05, 3.63) is 34.4 Å². The fourth-order valence-corrected chi connectivity index (χ4v) is 2.23. The van der Waals surface area contributed by atoms with E-state index in [2.05, 4.69) is 0 Å². The zero-order valence-corrected chi connectivity index (χ0v) is 10.3. The molecule has 1 amide bonds. The maximum absolute atomic E-state index is 13.1. The number of aliphatic hydroxyl groups is 1. The molecular formula is C12H12ClF2NO2. The summed E-state index contributed by atoms with van der Waals surface area (Å²) >= 11 is 5.74. The van der Waals surface area contributed by atoms with Crippen LogP contribution in [0.3, 0.4) is 0 Å². The second kappa shape index (κ2) is 5.20. The van der Waals surface area contributed by atoms with Gasteiger partial charge in [0.15, 0.2) is 11.6 Å². The summed E-state index contributed by atoms with van der Waals surface area (Å²) in [6.07, 6.45) is 0.732. The van der Waals surface area contributed by atoms with E-state index in [-0.39, 0.29) is 17.1 Å². The Morgan fingerprint density at radius 3 is 2.72 bits per heavy atom. The van der Waals surface area contributed by atoms with Gasteiger partial charge in [0.2, 0.25) is 0 Å². The highest BCUT2D eigenvalue weighted by molar-refractivity contribution is 6.33. The Morgan fingerprint density at radius 1 is 1.39 bits per heavy atom. The number of hydrogen-bond acceptors (Lipinski definition) is 2. The molecule has 1 aromatic rings. The van der Waals surface area contributed by atoms with Crippen molar-refractivity contribution in [2.24, 2.45) is 0 Å². The third kappa shape index (κ3) is 2.62. The lowest BCUT2D eigenvalue weighted by molar-refractivity contribution is 0.0473. The van der Waals surface area contributed by atoms with Crippen LogP contribution in [0.25, 0.3) is 0 Å². The molecule has 0 spiro atoms. The lowest BCUT2D eigenvalue weighted by Crippen LogP contribution is -2.42. The molecule has 1 aliphatic heterocycles. The van der Waals surface area contributed by atoms with Crippen LogP contribution in [0.1, 0.15) is 23.2 Å². The predicted molar refractivity (Wildman–Crippen MR) is 62.5 cm³/mol. The molecular weight excluding hydrogens is 264 g/mol. The molecule has 0 aliphatic carbocycles. The molecule has 1 unspecified atom stereocenters. The van der Waals surface area contributed by atoms with Gasteiger partial charge in [-0.1, -0.05) is 11.6 Å². The van der Waals surface area contributed by atoms with Crippen molar-refractivity contribution in [1.29, 1.82) is 0 Å². The number of β-amino-alcohol motifs (C(OH)–C–C–N with tert-alkyl or cyclic N) is 1. The Bertz CT molecular complexity index is 481. The molecule has 1 heterocycles. The predicted octanol–water partition coefficient (Wildman–Crippen LogP) is 2.22. The highest BCUT2D eigenvalue weighted by atomic mass is 35.5. The normalized spacial score (nSPS) is 20.0. The lowest BCUT2D eigenvalue weighted by Gasteiger charge is -2.30. The number of likely N-dealkylation sites (tertiary alicyclic amines) is 1. The molecule has 0 bridgehead atoms. The Morgan fingerprint density at radius 2 is 2.06 bits per heavy atom. The maximum Gasteiger partial charge on any atom is 0.255 e. The van der Waals surface area contributed by atoms with Crippen LogP contribution in [0, 0.1) is 11.6 Å². The van der Waals surface area contributed by atoms with Gasteiger partial charge in [0, 0.05) is 13.1 Å². The van der Waals surface area contributed by atoms with Crippen molar-refractivity contribution in [1.82, 2.24) is 4.90 Å². The van der Waals surface area contributed by atoms with Gasteiger partial charge >= 0.3 is 0 Å². The summed E-state index contributed by atoms with van der Waals surface area (Å²) in [4.78, 5) is 13.5. The van der Waals surface area contributed by atoms with Gasteiger partial charge in [-0.05, 0) is 25.0 Å². The summed E-state index contributed by atoms with van der Waals surface area (Å²) < 4.78 is 26.0. The third-order valence-corrected chi connectivity index (χ3v) is 3.24. The van der Waals surface area contributed by atoms with Crippen LogP contribution < -0.4 is 0 Å². The minimum Gasteiger partial charge on any atom is -0.391 e. The number of carbonyl (C=O) groups is 1. The number of carbonyl (C=O) groups excluding carboxylic acids is 1. The highest BCUT2D eigenvalue weighted by Gasteiger charge is 2.25. The molecule has 1 saturated heterocycles. The van der Waals surface area contributed by atoms with E-state index in [0.29, 0.717) is 19.4 Å². The summed E-state index contributed by atoms with van der Waals surface area (Å²) in [5, 5.41) is 9.36. The van der Waals surface area contributed by atoms with Crippen molar-refractivity contribution in [2.75, 3.05) is 13.1 Å². The van der Waals surface area contributed by atoms with Gasteiger partial charge in [0.25, 0.3) is 5.91 Å². The van der Waals surface area contributed by atoms with E-state index >= 15 is 0 Å². The van der Waals surface area contributed by atoms with Gasteiger partial charge in [-0.15, -0.1) is 0 Å². The standard InChI is InChI=1S/C12H12ClF2NO2/c13-9-5-11(15)10(14)4-8(9)12(18)16-3-1-2-7(17)6-16/h4-5,7,17H,1-3,6H2. The molecule has 98 valence electrons. The molecule has 6 heteroatoms. The smallest absolute Gasteiger partial charge is 0.255 e. The van der Waals surface area contributed by atoms with E-state index in [1.807, 2.05) is 0 Å². The molecule has 1 aromatic carbocycles. The summed E-state index contributed by atoms with van der Waals surface area (Å²) in [6, 6.07) is 1.57. The molecule has 0 aromatic heterocycles. The van der Waals surface area contributed by atoms with Crippen LogP contribution in [0.5, 0.6) is 0 Å². The van der Waals surface area contributed by atoms with Crippen LogP contribution in [0.4, 0.5) is 8.78 Å². The van der Waals surface area contributed by atoms with Crippen molar-refractivity contribution < 1.29 is 18.7 Å². The third-order valence-electron chi connectivity index (χ3n) is 2.92. The number of amides is 1. The van der Waals surface area contributed by atoms with Crippen molar-refractivity contribution in [2.45, 2.75) is 18.9 Å². The SMILES string of the molecule is O=C(c1cc(F)c(F)cc1Cl)N1CCCC(O)C1. The topological polar surface area (TPSA) is 40.5 Å². The van der Waals surface area contributed by atoms with Gasteiger partial charge in [-0.2, -0.15) is 0 Å². The van der Waals surface area contributed by atoms with Crippen molar-refractivity contribution >= 4 is 17.5 Å². The van der Waals surface area contributed by atoms with E-state index in [9.17, 15) is 18.7 Å². The Kier molecular flexibility index (Phi) is 3.82. The summed E-state index contributed by atoms with van der Waals surface area (Å²) in [7, 11) is 0. The molecule has 1 N–H and O–H groups in total. The fraction of sp³-hybridized carbons (Fsp3) is 0.417. The highest BCUT2D eigenvalue weighted by Crippen LogP contribution is 2.23. The Hall–Kier alpha value is -1.20.